The fraction of sp³-hybridized carbons (Fsp3) is 0.455. The molecule has 1 unspecified atom stereocenters. The molecule has 1 N–H and O–H groups in total. The van der Waals surface area contributed by atoms with E-state index in [1.165, 1.54) is 16.9 Å². The molecular weight excluding hydrogens is 277 g/mol. The molecule has 0 saturated heterocycles. The van der Waals surface area contributed by atoms with Gasteiger partial charge in [0.2, 0.25) is 0 Å². The van der Waals surface area contributed by atoms with Crippen molar-refractivity contribution in [1.29, 1.82) is 0 Å². The van der Waals surface area contributed by atoms with Gasteiger partial charge >= 0.3 is 6.18 Å². The van der Waals surface area contributed by atoms with Gasteiger partial charge in [-0.3, -0.25) is 0 Å². The third-order valence-electron chi connectivity index (χ3n) is 2.64. The Morgan fingerprint density at radius 1 is 1.47 bits per heavy atom. The molecule has 8 heteroatoms. The predicted octanol–water partition coefficient (Wildman–Crippen LogP) is 2.91. The van der Waals surface area contributed by atoms with Crippen molar-refractivity contribution >= 4 is 23.1 Å². The molecule has 0 aliphatic heterocycles. The van der Waals surface area contributed by atoms with Crippen molar-refractivity contribution in [2.75, 3.05) is 18.1 Å². The van der Waals surface area contributed by atoms with Crippen molar-refractivity contribution in [3.05, 3.63) is 24.2 Å². The predicted molar refractivity (Wildman–Crippen MR) is 69.5 cm³/mol. The first kappa shape index (κ1) is 14.0. The van der Waals surface area contributed by atoms with Crippen LogP contribution in [0.15, 0.2) is 18.5 Å². The van der Waals surface area contributed by atoms with Crippen LogP contribution in [0.25, 0.3) is 5.52 Å². The van der Waals surface area contributed by atoms with Crippen LogP contribution in [0.2, 0.25) is 0 Å². The van der Waals surface area contributed by atoms with E-state index < -0.39 is 11.9 Å². The zero-order valence-corrected chi connectivity index (χ0v) is 11.2. The molecule has 0 bridgehead atoms. The van der Waals surface area contributed by atoms with Gasteiger partial charge in [0.25, 0.3) is 0 Å². The second-order valence-electron chi connectivity index (χ2n) is 4.06. The standard InChI is InChI=1S/C11H13F3N4S/c1-7(19-2)6-16-10-8-5-9(11(12,13)14)17-18(8)4-3-15-10/h3-5,7H,6H2,1-2H3,(H,15,16). The first-order chi connectivity index (χ1) is 8.91. The highest BCUT2D eigenvalue weighted by molar-refractivity contribution is 7.99. The molecule has 0 amide bonds. The number of nitrogens with one attached hydrogen (secondary N) is 1. The van der Waals surface area contributed by atoms with Crippen LogP contribution in [0, 0.1) is 0 Å². The number of rotatable bonds is 4. The number of hydrogen-bond donors (Lipinski definition) is 1. The monoisotopic (exact) mass is 290 g/mol. The van der Waals surface area contributed by atoms with Crippen LogP contribution in [0.3, 0.4) is 0 Å². The fourth-order valence-electron chi connectivity index (χ4n) is 1.52. The third kappa shape index (κ3) is 3.12. The minimum atomic E-state index is -4.45. The summed E-state index contributed by atoms with van der Waals surface area (Å²) in [4.78, 5) is 4.06. The molecule has 0 fully saturated rings. The lowest BCUT2D eigenvalue weighted by atomic mass is 10.3. The lowest BCUT2D eigenvalue weighted by molar-refractivity contribution is -0.141. The number of anilines is 1. The average molecular weight is 290 g/mol. The van der Waals surface area contributed by atoms with E-state index in [1.807, 2.05) is 13.2 Å². The molecule has 2 heterocycles. The van der Waals surface area contributed by atoms with E-state index in [1.54, 1.807) is 11.8 Å². The Morgan fingerprint density at radius 3 is 2.84 bits per heavy atom. The number of alkyl halides is 3. The van der Waals surface area contributed by atoms with Gasteiger partial charge in [-0.2, -0.15) is 30.0 Å². The summed E-state index contributed by atoms with van der Waals surface area (Å²) in [6.45, 7) is 2.65. The number of nitrogens with zero attached hydrogens (tertiary/aromatic N) is 3. The molecule has 0 saturated carbocycles. The maximum atomic E-state index is 12.6. The van der Waals surface area contributed by atoms with Crippen molar-refractivity contribution in [2.24, 2.45) is 0 Å². The molecule has 0 radical (unpaired) electrons. The van der Waals surface area contributed by atoms with E-state index in [2.05, 4.69) is 15.4 Å². The Hall–Kier alpha value is -1.44. The van der Waals surface area contributed by atoms with Gasteiger partial charge in [-0.05, 0) is 6.26 Å². The van der Waals surface area contributed by atoms with Gasteiger partial charge in [0.1, 0.15) is 5.52 Å². The molecule has 0 aromatic carbocycles. The Kier molecular flexibility index (Phi) is 3.88. The summed E-state index contributed by atoms with van der Waals surface area (Å²) in [5.41, 5.74) is -0.593. The largest absolute Gasteiger partial charge is 0.435 e. The van der Waals surface area contributed by atoms with Crippen LogP contribution < -0.4 is 5.32 Å². The quantitative estimate of drug-likeness (QED) is 0.940. The zero-order chi connectivity index (χ0) is 14.0. The molecule has 104 valence electrons. The molecule has 2 aromatic rings. The SMILES string of the molecule is CSC(C)CNc1nccn2nc(C(F)(F)F)cc12. The normalized spacial score (nSPS) is 13.7. The van der Waals surface area contributed by atoms with E-state index in [9.17, 15) is 13.2 Å². The number of aromatic nitrogens is 3. The van der Waals surface area contributed by atoms with Crippen LogP contribution in [0.4, 0.5) is 19.0 Å². The summed E-state index contributed by atoms with van der Waals surface area (Å²) in [7, 11) is 0. The van der Waals surface area contributed by atoms with E-state index in [0.717, 1.165) is 6.07 Å². The maximum Gasteiger partial charge on any atom is 0.435 e. The number of fused-ring (bicyclic) bond motifs is 1. The molecule has 0 aliphatic carbocycles. The molecule has 2 aromatic heterocycles. The van der Waals surface area contributed by atoms with E-state index in [-0.39, 0.29) is 0 Å². The van der Waals surface area contributed by atoms with Gasteiger partial charge < -0.3 is 5.32 Å². The number of hydrogen-bond acceptors (Lipinski definition) is 4. The Balaban J connectivity index is 2.32. The summed E-state index contributed by atoms with van der Waals surface area (Å²) >= 11 is 1.67. The topological polar surface area (TPSA) is 42.2 Å². The summed E-state index contributed by atoms with van der Waals surface area (Å²) in [6.07, 6.45) is 0.344. The second kappa shape index (κ2) is 5.28. The lowest BCUT2D eigenvalue weighted by Gasteiger charge is -2.10. The average Bonchev–Trinajstić information content (AvgIpc) is 2.80. The molecule has 2 rings (SSSR count). The third-order valence-corrected chi connectivity index (χ3v) is 3.61. The molecule has 4 nitrogen and oxygen atoms in total. The molecule has 0 spiro atoms. The first-order valence-electron chi connectivity index (χ1n) is 5.60. The minimum absolute atomic E-state index is 0.322. The van der Waals surface area contributed by atoms with Crippen LogP contribution in [0.1, 0.15) is 12.6 Å². The molecule has 0 aliphatic rings. The van der Waals surface area contributed by atoms with Crippen LogP contribution in [0.5, 0.6) is 0 Å². The Morgan fingerprint density at radius 2 is 2.21 bits per heavy atom. The van der Waals surface area contributed by atoms with E-state index in [0.29, 0.717) is 23.1 Å². The summed E-state index contributed by atoms with van der Waals surface area (Å²) in [5, 5.41) is 6.88. The molecule has 19 heavy (non-hydrogen) atoms. The van der Waals surface area contributed by atoms with E-state index >= 15 is 0 Å². The highest BCUT2D eigenvalue weighted by Gasteiger charge is 2.34. The van der Waals surface area contributed by atoms with Gasteiger partial charge in [0.15, 0.2) is 11.5 Å². The second-order valence-corrected chi connectivity index (χ2v) is 5.34. The number of halogens is 3. The zero-order valence-electron chi connectivity index (χ0n) is 10.4. The van der Waals surface area contributed by atoms with Gasteiger partial charge in [-0.15, -0.1) is 0 Å². The van der Waals surface area contributed by atoms with Crippen molar-refractivity contribution in [1.82, 2.24) is 14.6 Å². The van der Waals surface area contributed by atoms with Gasteiger partial charge in [-0.1, -0.05) is 6.92 Å². The Bertz CT molecular complexity index is 567. The van der Waals surface area contributed by atoms with Crippen LogP contribution >= 0.6 is 11.8 Å². The maximum absolute atomic E-state index is 12.6. The Labute approximate surface area is 112 Å². The van der Waals surface area contributed by atoms with Gasteiger partial charge in [-0.25, -0.2) is 9.50 Å². The molecule has 1 atom stereocenters. The summed E-state index contributed by atoms with van der Waals surface area (Å²) < 4.78 is 39.0. The van der Waals surface area contributed by atoms with Crippen molar-refractivity contribution < 1.29 is 13.2 Å². The summed E-state index contributed by atoms with van der Waals surface area (Å²) in [5.74, 6) is 0.409. The van der Waals surface area contributed by atoms with Crippen molar-refractivity contribution in [3.8, 4) is 0 Å². The first-order valence-corrected chi connectivity index (χ1v) is 6.89. The van der Waals surface area contributed by atoms with Gasteiger partial charge in [0, 0.05) is 30.3 Å². The van der Waals surface area contributed by atoms with Crippen molar-refractivity contribution in [3.63, 3.8) is 0 Å². The van der Waals surface area contributed by atoms with Crippen molar-refractivity contribution in [2.45, 2.75) is 18.3 Å². The van der Waals surface area contributed by atoms with Gasteiger partial charge in [0.05, 0.1) is 0 Å². The highest BCUT2D eigenvalue weighted by atomic mass is 32.2. The molecular formula is C11H13F3N4S. The van der Waals surface area contributed by atoms with E-state index in [4.69, 9.17) is 0 Å². The summed E-state index contributed by atoms with van der Waals surface area (Å²) in [6, 6.07) is 0.999. The minimum Gasteiger partial charge on any atom is -0.367 e. The fourth-order valence-corrected chi connectivity index (χ4v) is 1.77. The lowest BCUT2D eigenvalue weighted by Crippen LogP contribution is -2.14. The van der Waals surface area contributed by atoms with Crippen LogP contribution in [-0.4, -0.2) is 32.6 Å². The highest BCUT2D eigenvalue weighted by Crippen LogP contribution is 2.30. The number of thioether (sulfide) groups is 1. The smallest absolute Gasteiger partial charge is 0.367 e. The van der Waals surface area contributed by atoms with Crippen LogP contribution in [-0.2, 0) is 6.18 Å².